The van der Waals surface area contributed by atoms with E-state index >= 15 is 0 Å². The van der Waals surface area contributed by atoms with Gasteiger partial charge in [-0.1, -0.05) is 6.92 Å². The third-order valence-corrected chi connectivity index (χ3v) is 2.05. The molecule has 2 unspecified atom stereocenters. The van der Waals surface area contributed by atoms with Crippen LogP contribution in [0, 0.1) is 5.92 Å². The number of nitrogens with zero attached hydrogens (tertiary/aromatic N) is 1. The van der Waals surface area contributed by atoms with Gasteiger partial charge in [0.15, 0.2) is 0 Å². The fourth-order valence-electron chi connectivity index (χ4n) is 1.27. The van der Waals surface area contributed by atoms with Gasteiger partial charge in [-0.25, -0.2) is 5.32 Å². The van der Waals surface area contributed by atoms with Gasteiger partial charge in [0.05, 0.1) is 0 Å². The first-order valence-corrected chi connectivity index (χ1v) is 3.71. The van der Waals surface area contributed by atoms with Crippen LogP contribution in [-0.2, 0) is 0 Å². The monoisotopic (exact) mass is 127 g/mol. The predicted octanol–water partition coefficient (Wildman–Crippen LogP) is 0.348. The summed E-state index contributed by atoms with van der Waals surface area (Å²) in [5, 5.41) is 4.43. The molecule has 1 saturated heterocycles. The zero-order chi connectivity index (χ0) is 6.69. The molecule has 0 aliphatic carbocycles. The molecule has 0 spiro atoms. The molecule has 2 N–H and O–H groups in total. The maximum absolute atomic E-state index is 5.49. The van der Waals surface area contributed by atoms with Gasteiger partial charge in [-0.05, 0) is 25.3 Å². The lowest BCUT2D eigenvalue weighted by Gasteiger charge is -2.14. The Morgan fingerprint density at radius 1 is 1.78 bits per heavy atom. The van der Waals surface area contributed by atoms with Crippen LogP contribution in [-0.4, -0.2) is 19.1 Å². The topological polar surface area (TPSA) is 40.1 Å². The molecule has 1 fully saturated rings. The maximum atomic E-state index is 5.49. The first kappa shape index (κ1) is 7.03. The maximum Gasteiger partial charge on any atom is 0.0284 e. The van der Waals surface area contributed by atoms with Crippen molar-refractivity contribution in [2.45, 2.75) is 25.8 Å². The van der Waals surface area contributed by atoms with Crippen molar-refractivity contribution in [3.63, 3.8) is 0 Å². The third-order valence-electron chi connectivity index (χ3n) is 2.05. The summed E-state index contributed by atoms with van der Waals surface area (Å²) in [6.45, 7) is 4.03. The molecule has 0 amide bonds. The molecule has 1 radical (unpaired) electrons. The van der Waals surface area contributed by atoms with E-state index in [0.29, 0.717) is 12.0 Å². The number of rotatable bonds is 2. The Kier molecular flexibility index (Phi) is 2.49. The molecule has 2 heteroatoms. The lowest BCUT2D eigenvalue weighted by Crippen LogP contribution is -2.28. The van der Waals surface area contributed by atoms with E-state index in [1.807, 2.05) is 0 Å². The fraction of sp³-hybridized carbons (Fsp3) is 1.00. The zero-order valence-corrected chi connectivity index (χ0v) is 6.01. The predicted molar refractivity (Wildman–Crippen MR) is 38.2 cm³/mol. The highest BCUT2D eigenvalue weighted by molar-refractivity contribution is 4.78. The zero-order valence-electron chi connectivity index (χ0n) is 6.01. The van der Waals surface area contributed by atoms with Crippen LogP contribution in [0.3, 0.4) is 0 Å². The van der Waals surface area contributed by atoms with E-state index in [-0.39, 0.29) is 0 Å². The standard InChI is InChI=1S/C7H15N2/c1-6(5-8)7-3-2-4-9-7/h6-7H,2-5,8H2,1H3. The van der Waals surface area contributed by atoms with Crippen LogP contribution < -0.4 is 11.1 Å². The smallest absolute Gasteiger partial charge is 0.0284 e. The molecule has 9 heavy (non-hydrogen) atoms. The van der Waals surface area contributed by atoms with E-state index < -0.39 is 0 Å². The molecular formula is C7H15N2. The summed E-state index contributed by atoms with van der Waals surface area (Å²) >= 11 is 0. The minimum absolute atomic E-state index is 0.579. The molecule has 1 heterocycles. The Morgan fingerprint density at radius 2 is 2.56 bits per heavy atom. The summed E-state index contributed by atoms with van der Waals surface area (Å²) in [7, 11) is 0. The fourth-order valence-corrected chi connectivity index (χ4v) is 1.27. The van der Waals surface area contributed by atoms with Gasteiger partial charge in [0.2, 0.25) is 0 Å². The van der Waals surface area contributed by atoms with Crippen LogP contribution in [0.25, 0.3) is 0 Å². The van der Waals surface area contributed by atoms with Crippen molar-refractivity contribution in [1.29, 1.82) is 0 Å². The SMILES string of the molecule is CC(CN)C1CCC[N]1. The quantitative estimate of drug-likeness (QED) is 0.571. The van der Waals surface area contributed by atoms with Crippen molar-refractivity contribution in [3.8, 4) is 0 Å². The molecule has 0 aromatic carbocycles. The Bertz CT molecular complexity index is 77.0. The van der Waals surface area contributed by atoms with Crippen molar-refractivity contribution in [3.05, 3.63) is 0 Å². The summed E-state index contributed by atoms with van der Waals surface area (Å²) in [6, 6.07) is 0.579. The van der Waals surface area contributed by atoms with Gasteiger partial charge in [-0.15, -0.1) is 0 Å². The van der Waals surface area contributed by atoms with Gasteiger partial charge in [0.1, 0.15) is 0 Å². The molecular weight excluding hydrogens is 112 g/mol. The average Bonchev–Trinajstić information content (AvgIpc) is 2.37. The number of nitrogens with two attached hydrogens (primary N) is 1. The molecule has 0 aromatic heterocycles. The van der Waals surface area contributed by atoms with Crippen LogP contribution >= 0.6 is 0 Å². The second kappa shape index (κ2) is 3.18. The van der Waals surface area contributed by atoms with Gasteiger partial charge >= 0.3 is 0 Å². The summed E-state index contributed by atoms with van der Waals surface area (Å²) < 4.78 is 0. The first-order chi connectivity index (χ1) is 4.34. The van der Waals surface area contributed by atoms with Crippen LogP contribution in [0.4, 0.5) is 0 Å². The van der Waals surface area contributed by atoms with Crippen molar-refractivity contribution in [2.75, 3.05) is 13.1 Å². The highest BCUT2D eigenvalue weighted by Crippen LogP contribution is 2.14. The molecule has 1 rings (SSSR count). The minimum Gasteiger partial charge on any atom is -0.330 e. The highest BCUT2D eigenvalue weighted by atomic mass is 14.9. The second-order valence-corrected chi connectivity index (χ2v) is 2.83. The molecule has 0 bridgehead atoms. The molecule has 1 aliphatic heterocycles. The minimum atomic E-state index is 0.579. The van der Waals surface area contributed by atoms with E-state index in [2.05, 4.69) is 12.2 Å². The molecule has 0 aromatic rings. The number of hydrogen-bond donors (Lipinski definition) is 1. The Morgan fingerprint density at radius 3 is 3.00 bits per heavy atom. The lowest BCUT2D eigenvalue weighted by molar-refractivity contribution is 0.423. The lowest BCUT2D eigenvalue weighted by atomic mass is 10.0. The summed E-state index contributed by atoms with van der Waals surface area (Å²) in [4.78, 5) is 0. The van der Waals surface area contributed by atoms with Crippen molar-refractivity contribution >= 4 is 0 Å². The van der Waals surface area contributed by atoms with Crippen LogP contribution in [0.5, 0.6) is 0 Å². The van der Waals surface area contributed by atoms with Crippen molar-refractivity contribution < 1.29 is 0 Å². The van der Waals surface area contributed by atoms with E-state index in [0.717, 1.165) is 13.1 Å². The highest BCUT2D eigenvalue weighted by Gasteiger charge is 2.20. The van der Waals surface area contributed by atoms with E-state index in [1.165, 1.54) is 12.8 Å². The molecule has 2 nitrogen and oxygen atoms in total. The molecule has 1 aliphatic rings. The Hall–Kier alpha value is -0.0800. The molecule has 0 saturated carbocycles. The number of hydrogen-bond acceptors (Lipinski definition) is 1. The molecule has 53 valence electrons. The Balaban J connectivity index is 2.24. The third kappa shape index (κ3) is 1.66. The van der Waals surface area contributed by atoms with Crippen LogP contribution in [0.15, 0.2) is 0 Å². The summed E-state index contributed by atoms with van der Waals surface area (Å²) in [5.41, 5.74) is 5.49. The van der Waals surface area contributed by atoms with Crippen molar-refractivity contribution in [2.24, 2.45) is 11.7 Å². The van der Waals surface area contributed by atoms with Gasteiger partial charge in [0, 0.05) is 12.6 Å². The van der Waals surface area contributed by atoms with E-state index in [1.54, 1.807) is 0 Å². The van der Waals surface area contributed by atoms with Gasteiger partial charge < -0.3 is 5.73 Å². The van der Waals surface area contributed by atoms with E-state index in [9.17, 15) is 0 Å². The van der Waals surface area contributed by atoms with Crippen LogP contribution in [0.1, 0.15) is 19.8 Å². The Labute approximate surface area is 56.8 Å². The van der Waals surface area contributed by atoms with Crippen LogP contribution in [0.2, 0.25) is 0 Å². The van der Waals surface area contributed by atoms with Gasteiger partial charge in [-0.3, -0.25) is 0 Å². The average molecular weight is 127 g/mol. The van der Waals surface area contributed by atoms with E-state index in [4.69, 9.17) is 5.73 Å². The van der Waals surface area contributed by atoms with Crippen molar-refractivity contribution in [1.82, 2.24) is 5.32 Å². The first-order valence-electron chi connectivity index (χ1n) is 3.71. The normalized spacial score (nSPS) is 30.7. The summed E-state index contributed by atoms with van der Waals surface area (Å²) in [6.07, 6.45) is 2.54. The largest absolute Gasteiger partial charge is 0.330 e. The van der Waals surface area contributed by atoms with Gasteiger partial charge in [-0.2, -0.15) is 0 Å². The second-order valence-electron chi connectivity index (χ2n) is 2.83. The van der Waals surface area contributed by atoms with Gasteiger partial charge in [0.25, 0.3) is 0 Å². The summed E-state index contributed by atoms with van der Waals surface area (Å²) in [5.74, 6) is 0.604. The molecule has 2 atom stereocenters.